The maximum absolute atomic E-state index is 12.0. The second kappa shape index (κ2) is 20.7. The van der Waals surface area contributed by atoms with Crippen molar-refractivity contribution in [3.8, 4) is 11.4 Å². The Hall–Kier alpha value is -7.22. The van der Waals surface area contributed by atoms with Crippen molar-refractivity contribution in [2.45, 2.75) is 112 Å². The highest BCUT2D eigenvalue weighted by atomic mass is 16.2. The second-order valence-electron chi connectivity index (χ2n) is 18.5. The minimum absolute atomic E-state index is 0.0855. The highest BCUT2D eigenvalue weighted by molar-refractivity contribution is 5.74. The molecule has 68 heavy (non-hydrogen) atoms. The minimum atomic E-state index is 0.0855. The number of anilines is 4. The van der Waals surface area contributed by atoms with Gasteiger partial charge in [0.15, 0.2) is 0 Å². The molecule has 2 N–H and O–H groups in total. The van der Waals surface area contributed by atoms with Crippen LogP contribution in [-0.4, -0.2) is 73.7 Å². The molecule has 14 heteroatoms. The molecule has 7 aromatic rings. The van der Waals surface area contributed by atoms with Crippen molar-refractivity contribution in [2.24, 2.45) is 5.92 Å². The molecule has 1 aliphatic carbocycles. The molecule has 3 aromatic carbocycles. The van der Waals surface area contributed by atoms with Crippen molar-refractivity contribution >= 4 is 35.1 Å². The number of aryl methyl sites for hydroxylation is 4. The molecule has 3 aliphatic rings. The Morgan fingerprint density at radius 2 is 1.09 bits per heavy atom. The van der Waals surface area contributed by atoms with Crippen LogP contribution in [0.1, 0.15) is 109 Å². The number of hydrogen-bond acceptors (Lipinski definition) is 10. The number of nitrogens with zero attached hydrogens (tertiary/aromatic N) is 10. The van der Waals surface area contributed by atoms with Crippen LogP contribution < -0.4 is 10.6 Å². The van der Waals surface area contributed by atoms with Crippen LogP contribution in [0, 0.1) is 26.7 Å². The van der Waals surface area contributed by atoms with Crippen LogP contribution in [0.4, 0.5) is 23.3 Å². The van der Waals surface area contributed by atoms with Crippen molar-refractivity contribution < 1.29 is 9.59 Å². The van der Waals surface area contributed by atoms with E-state index in [9.17, 15) is 9.59 Å². The number of carbonyl (C=O) groups excluding carboxylic acids is 2. The minimum Gasteiger partial charge on any atom is -0.338 e. The van der Waals surface area contributed by atoms with E-state index in [-0.39, 0.29) is 11.8 Å². The molecule has 6 heterocycles. The normalized spacial score (nSPS) is 14.7. The van der Waals surface area contributed by atoms with Crippen molar-refractivity contribution in [3.63, 3.8) is 0 Å². The zero-order valence-electron chi connectivity index (χ0n) is 40.0. The Bertz CT molecular complexity index is 2860. The topological polar surface area (TPSA) is 152 Å². The lowest BCUT2D eigenvalue weighted by atomic mass is 9.85. The number of benzene rings is 3. The average Bonchev–Trinajstić information content (AvgIpc) is 3.99. The van der Waals surface area contributed by atoms with Gasteiger partial charge in [-0.25, -0.2) is 29.9 Å². The number of hydrogen-bond donors (Lipinski definition) is 2. The highest BCUT2D eigenvalue weighted by Gasteiger charge is 2.26. The molecule has 0 radical (unpaired) electrons. The van der Waals surface area contributed by atoms with Gasteiger partial charge in [-0.1, -0.05) is 61.9 Å². The van der Waals surface area contributed by atoms with E-state index >= 15 is 0 Å². The first-order chi connectivity index (χ1) is 33.0. The van der Waals surface area contributed by atoms with Crippen LogP contribution in [0.2, 0.25) is 0 Å². The fraction of sp³-hybridized carbons (Fsp3) is 0.370. The predicted molar refractivity (Wildman–Crippen MR) is 266 cm³/mol. The molecule has 14 nitrogen and oxygen atoms in total. The third-order valence-electron chi connectivity index (χ3n) is 13.6. The summed E-state index contributed by atoms with van der Waals surface area (Å²) in [7, 11) is 0. The largest absolute Gasteiger partial charge is 0.338 e. The summed E-state index contributed by atoms with van der Waals surface area (Å²) in [6.07, 6.45) is 18.6. The fourth-order valence-electron chi connectivity index (χ4n) is 9.65. The summed E-state index contributed by atoms with van der Waals surface area (Å²) in [4.78, 5) is 56.0. The Labute approximate surface area is 399 Å². The molecule has 0 atom stereocenters. The van der Waals surface area contributed by atoms with Crippen LogP contribution in [0.3, 0.4) is 0 Å². The molecule has 350 valence electrons. The lowest BCUT2D eigenvalue weighted by Crippen LogP contribution is -2.35. The van der Waals surface area contributed by atoms with Gasteiger partial charge in [-0.3, -0.25) is 9.59 Å². The fourth-order valence-corrected chi connectivity index (χ4v) is 9.65. The van der Waals surface area contributed by atoms with Gasteiger partial charge in [0.1, 0.15) is 11.6 Å². The van der Waals surface area contributed by atoms with Gasteiger partial charge in [0, 0.05) is 118 Å². The SMILES string of the molecule is CC(=O)N1CCc2nc(Nc3ccc(-n4ccnc4C)cc3)nc(CCC3CCCCC3)c2C1.CC(=O)N1CCc2nc(Nc3ccc(-n4ccnc4C)cc3)nc(Cc3ccc(C)cc3)c2C1. The molecule has 0 saturated heterocycles. The number of nitrogens with one attached hydrogen (secondary N) is 2. The molecule has 10 rings (SSSR count). The van der Waals surface area contributed by atoms with Crippen LogP contribution in [0.15, 0.2) is 97.6 Å². The number of imidazole rings is 2. The van der Waals surface area contributed by atoms with Gasteiger partial charge in [-0.2, -0.15) is 0 Å². The van der Waals surface area contributed by atoms with Crippen molar-refractivity contribution in [1.29, 1.82) is 0 Å². The van der Waals surface area contributed by atoms with Crippen LogP contribution in [-0.2, 0) is 48.4 Å². The Morgan fingerprint density at radius 3 is 1.56 bits per heavy atom. The number of amides is 2. The van der Waals surface area contributed by atoms with Gasteiger partial charge in [0.2, 0.25) is 23.7 Å². The summed E-state index contributed by atoms with van der Waals surface area (Å²) in [5.74, 6) is 4.15. The van der Waals surface area contributed by atoms with Gasteiger partial charge in [-0.15, -0.1) is 0 Å². The maximum atomic E-state index is 12.0. The third kappa shape index (κ3) is 11.0. The van der Waals surface area contributed by atoms with Crippen molar-refractivity contribution in [2.75, 3.05) is 23.7 Å². The number of aromatic nitrogens is 8. The molecule has 2 amide bonds. The first kappa shape index (κ1) is 45.9. The summed E-state index contributed by atoms with van der Waals surface area (Å²) < 4.78 is 4.10. The molecule has 1 saturated carbocycles. The van der Waals surface area contributed by atoms with Crippen LogP contribution in [0.25, 0.3) is 11.4 Å². The van der Waals surface area contributed by atoms with E-state index in [2.05, 4.69) is 80.6 Å². The quantitative estimate of drug-likeness (QED) is 0.128. The van der Waals surface area contributed by atoms with Gasteiger partial charge in [-0.05, 0) is 93.6 Å². The second-order valence-corrected chi connectivity index (χ2v) is 18.5. The highest BCUT2D eigenvalue weighted by Crippen LogP contribution is 2.31. The van der Waals surface area contributed by atoms with E-state index in [1.165, 1.54) is 49.7 Å². The third-order valence-corrected chi connectivity index (χ3v) is 13.6. The monoisotopic (exact) mass is 911 g/mol. The Kier molecular flexibility index (Phi) is 14.0. The first-order valence-corrected chi connectivity index (χ1v) is 24.1. The van der Waals surface area contributed by atoms with Crippen molar-refractivity contribution in [1.82, 2.24) is 48.8 Å². The predicted octanol–water partition coefficient (Wildman–Crippen LogP) is 9.65. The van der Waals surface area contributed by atoms with E-state index in [0.717, 1.165) is 100 Å². The van der Waals surface area contributed by atoms with E-state index < -0.39 is 0 Å². The average molecular weight is 911 g/mol. The van der Waals surface area contributed by atoms with Gasteiger partial charge >= 0.3 is 0 Å². The number of rotatable bonds is 11. The zero-order valence-corrected chi connectivity index (χ0v) is 40.0. The lowest BCUT2D eigenvalue weighted by Gasteiger charge is -2.29. The summed E-state index contributed by atoms with van der Waals surface area (Å²) >= 11 is 0. The first-order valence-electron chi connectivity index (χ1n) is 24.1. The lowest BCUT2D eigenvalue weighted by molar-refractivity contribution is -0.130. The summed E-state index contributed by atoms with van der Waals surface area (Å²) in [5, 5.41) is 6.81. The molecular formula is C54H62N12O2. The summed E-state index contributed by atoms with van der Waals surface area (Å²) in [6.45, 7) is 11.9. The molecule has 2 aliphatic heterocycles. The van der Waals surface area contributed by atoms with Crippen molar-refractivity contribution in [3.05, 3.63) is 154 Å². The van der Waals surface area contributed by atoms with E-state index in [1.54, 1.807) is 20.0 Å². The molecule has 1 fully saturated rings. The van der Waals surface area contributed by atoms with E-state index in [0.29, 0.717) is 38.0 Å². The summed E-state index contributed by atoms with van der Waals surface area (Å²) in [6, 6.07) is 24.9. The van der Waals surface area contributed by atoms with Crippen LogP contribution >= 0.6 is 0 Å². The standard InChI is InChI=1S/C27H28N6O.C27H34N6O/c1-18-4-6-21(7-5-18)16-26-24-17-32(20(3)34)14-12-25(24)30-27(31-26)29-22-8-10-23(11-9-22)33-15-13-28-19(33)2;1-19-28-15-17-33(19)23-11-9-22(10-12-23)29-27-30-25(13-8-21-6-4-3-5-7-21)24-18-32(20(2)34)16-14-26(24)31-27/h4-11,13,15H,12,14,16-17H2,1-3H3,(H,29,30,31);9-12,15,17,21H,3-8,13-14,16,18H2,1-2H3,(H,29,30,31). The molecule has 0 spiro atoms. The summed E-state index contributed by atoms with van der Waals surface area (Å²) in [5.41, 5.74) is 12.8. The smallest absolute Gasteiger partial charge is 0.227 e. The van der Waals surface area contributed by atoms with Crippen LogP contribution in [0.5, 0.6) is 0 Å². The van der Waals surface area contributed by atoms with E-state index in [1.807, 2.05) is 71.1 Å². The molecule has 0 bridgehead atoms. The maximum Gasteiger partial charge on any atom is 0.227 e. The molecule has 0 unspecified atom stereocenters. The number of fused-ring (bicyclic) bond motifs is 2. The Morgan fingerprint density at radius 1 is 0.603 bits per heavy atom. The van der Waals surface area contributed by atoms with Gasteiger partial charge in [0.05, 0.1) is 22.8 Å². The van der Waals surface area contributed by atoms with Gasteiger partial charge in [0.25, 0.3) is 0 Å². The Balaban J connectivity index is 0.000000170. The molecule has 4 aromatic heterocycles. The van der Waals surface area contributed by atoms with Gasteiger partial charge < -0.3 is 29.6 Å². The molecular weight excluding hydrogens is 849 g/mol. The zero-order chi connectivity index (χ0) is 47.1. The van der Waals surface area contributed by atoms with E-state index in [4.69, 9.17) is 19.9 Å². The number of carbonyl (C=O) groups is 2.